The number of rotatable bonds is 6. The highest BCUT2D eigenvalue weighted by Gasteiger charge is 2.20. The molecular weight excluding hydrogens is 250 g/mol. The lowest BCUT2D eigenvalue weighted by atomic mass is 10.2. The van der Waals surface area contributed by atoms with E-state index in [1.807, 2.05) is 11.8 Å². The van der Waals surface area contributed by atoms with Gasteiger partial charge >= 0.3 is 0 Å². The fourth-order valence-corrected chi connectivity index (χ4v) is 3.08. The second-order valence-corrected chi connectivity index (χ2v) is 6.05. The number of benzene rings is 2. The fourth-order valence-electron chi connectivity index (χ4n) is 2.07. The molecule has 0 saturated heterocycles. The van der Waals surface area contributed by atoms with Crippen LogP contribution in [0.4, 0.5) is 0 Å². The molecule has 2 heteroatoms. The van der Waals surface area contributed by atoms with Crippen molar-refractivity contribution in [1.29, 1.82) is 0 Å². The first kappa shape index (κ1) is 12.8. The van der Waals surface area contributed by atoms with E-state index in [-0.39, 0.29) is 0 Å². The fraction of sp³-hybridized carbons (Fsp3) is 0.294. The van der Waals surface area contributed by atoms with Gasteiger partial charge in [0.1, 0.15) is 0 Å². The molecule has 19 heavy (non-hydrogen) atoms. The summed E-state index contributed by atoms with van der Waals surface area (Å²) in [6.07, 6.45) is 2.69. The van der Waals surface area contributed by atoms with Gasteiger partial charge in [0.25, 0.3) is 0 Å². The van der Waals surface area contributed by atoms with Gasteiger partial charge in [-0.2, -0.15) is 0 Å². The van der Waals surface area contributed by atoms with Gasteiger partial charge < -0.3 is 5.32 Å². The maximum absolute atomic E-state index is 3.60. The van der Waals surface area contributed by atoms with Gasteiger partial charge in [-0.3, -0.25) is 0 Å². The van der Waals surface area contributed by atoms with E-state index in [0.717, 1.165) is 18.3 Å². The summed E-state index contributed by atoms with van der Waals surface area (Å²) in [4.78, 5) is 1.40. The van der Waals surface area contributed by atoms with Crippen LogP contribution >= 0.6 is 11.8 Å². The number of thioether (sulfide) groups is 1. The van der Waals surface area contributed by atoms with Gasteiger partial charge in [0.2, 0.25) is 0 Å². The molecule has 1 fully saturated rings. The van der Waals surface area contributed by atoms with E-state index in [0.29, 0.717) is 0 Å². The quantitative estimate of drug-likeness (QED) is 0.788. The van der Waals surface area contributed by atoms with Crippen molar-refractivity contribution in [3.8, 4) is 0 Å². The van der Waals surface area contributed by atoms with Crippen molar-refractivity contribution < 1.29 is 0 Å². The van der Waals surface area contributed by atoms with Gasteiger partial charge in [0.05, 0.1) is 0 Å². The van der Waals surface area contributed by atoms with Crippen LogP contribution < -0.4 is 5.32 Å². The molecule has 2 aromatic carbocycles. The molecule has 98 valence electrons. The molecular formula is C17H19NS. The predicted molar refractivity (Wildman–Crippen MR) is 82.3 cm³/mol. The Balaban J connectivity index is 1.62. The monoisotopic (exact) mass is 269 g/mol. The third kappa shape index (κ3) is 3.85. The molecule has 1 saturated carbocycles. The normalized spacial score (nSPS) is 14.5. The van der Waals surface area contributed by atoms with Crippen molar-refractivity contribution in [3.63, 3.8) is 0 Å². The molecule has 1 aliphatic carbocycles. The molecule has 0 radical (unpaired) electrons. The molecule has 0 aromatic heterocycles. The van der Waals surface area contributed by atoms with Crippen LogP contribution in [0.1, 0.15) is 24.0 Å². The molecule has 1 N–H and O–H groups in total. The topological polar surface area (TPSA) is 12.0 Å². The van der Waals surface area contributed by atoms with Crippen LogP contribution in [-0.4, -0.2) is 6.04 Å². The lowest BCUT2D eigenvalue weighted by molar-refractivity contribution is 0.680. The van der Waals surface area contributed by atoms with Crippen LogP contribution in [0.5, 0.6) is 0 Å². The predicted octanol–water partition coefficient (Wildman–Crippen LogP) is 4.23. The van der Waals surface area contributed by atoms with Crippen LogP contribution in [0.3, 0.4) is 0 Å². The summed E-state index contributed by atoms with van der Waals surface area (Å²) in [6.45, 7) is 1.00. The summed E-state index contributed by atoms with van der Waals surface area (Å²) in [7, 11) is 0. The molecule has 3 rings (SSSR count). The summed E-state index contributed by atoms with van der Waals surface area (Å²) in [5.74, 6) is 1.04. The van der Waals surface area contributed by atoms with E-state index < -0.39 is 0 Å². The SMILES string of the molecule is c1ccc(CSc2ccccc2CNC2CC2)cc1. The van der Waals surface area contributed by atoms with E-state index in [1.54, 1.807) is 0 Å². The van der Waals surface area contributed by atoms with E-state index in [4.69, 9.17) is 0 Å². The zero-order valence-electron chi connectivity index (χ0n) is 11.0. The first-order chi connectivity index (χ1) is 9.42. The zero-order chi connectivity index (χ0) is 12.9. The minimum absolute atomic E-state index is 0.771. The highest BCUT2D eigenvalue weighted by atomic mass is 32.2. The minimum atomic E-state index is 0.771. The van der Waals surface area contributed by atoms with Crippen LogP contribution in [-0.2, 0) is 12.3 Å². The first-order valence-corrected chi connectivity index (χ1v) is 7.88. The van der Waals surface area contributed by atoms with Crippen molar-refractivity contribution in [2.24, 2.45) is 0 Å². The molecule has 1 nitrogen and oxygen atoms in total. The van der Waals surface area contributed by atoms with E-state index >= 15 is 0 Å². The summed E-state index contributed by atoms with van der Waals surface area (Å²) in [5.41, 5.74) is 2.81. The third-order valence-corrected chi connectivity index (χ3v) is 4.56. The Labute approximate surface area is 119 Å². The van der Waals surface area contributed by atoms with Crippen molar-refractivity contribution in [3.05, 3.63) is 65.7 Å². The average molecular weight is 269 g/mol. The maximum atomic E-state index is 3.60. The smallest absolute Gasteiger partial charge is 0.0232 e. The second-order valence-electron chi connectivity index (χ2n) is 5.04. The Bertz CT molecular complexity index is 520. The van der Waals surface area contributed by atoms with Crippen molar-refractivity contribution in [2.75, 3.05) is 0 Å². The average Bonchev–Trinajstić information content (AvgIpc) is 3.29. The Kier molecular flexibility index (Phi) is 4.21. The lowest BCUT2D eigenvalue weighted by Gasteiger charge is -2.10. The van der Waals surface area contributed by atoms with Crippen LogP contribution in [0.25, 0.3) is 0 Å². The van der Waals surface area contributed by atoms with E-state index in [9.17, 15) is 0 Å². The maximum Gasteiger partial charge on any atom is 0.0232 e. The molecule has 0 heterocycles. The largest absolute Gasteiger partial charge is 0.310 e. The number of nitrogens with one attached hydrogen (secondary N) is 1. The van der Waals surface area contributed by atoms with E-state index in [2.05, 4.69) is 59.9 Å². The molecule has 0 amide bonds. The van der Waals surface area contributed by atoms with Crippen LogP contribution in [0.2, 0.25) is 0 Å². The molecule has 1 aliphatic rings. The van der Waals surface area contributed by atoms with Crippen LogP contribution in [0, 0.1) is 0 Å². The highest BCUT2D eigenvalue weighted by Crippen LogP contribution is 2.27. The van der Waals surface area contributed by atoms with Gasteiger partial charge in [-0.05, 0) is 30.0 Å². The molecule has 0 aliphatic heterocycles. The summed E-state index contributed by atoms with van der Waals surface area (Å²) in [5, 5.41) is 3.60. The van der Waals surface area contributed by atoms with Gasteiger partial charge in [0, 0.05) is 23.2 Å². The van der Waals surface area contributed by atoms with Crippen molar-refractivity contribution in [2.45, 2.75) is 36.1 Å². The number of hydrogen-bond donors (Lipinski definition) is 1. The molecule has 0 unspecified atom stereocenters. The van der Waals surface area contributed by atoms with Crippen molar-refractivity contribution >= 4 is 11.8 Å². The lowest BCUT2D eigenvalue weighted by Crippen LogP contribution is -2.15. The molecule has 0 bridgehead atoms. The molecule has 0 atom stereocenters. The first-order valence-electron chi connectivity index (χ1n) is 6.90. The van der Waals surface area contributed by atoms with E-state index in [1.165, 1.54) is 28.9 Å². The summed E-state index contributed by atoms with van der Waals surface area (Å²) >= 11 is 1.93. The highest BCUT2D eigenvalue weighted by molar-refractivity contribution is 7.98. The Morgan fingerprint density at radius 1 is 0.947 bits per heavy atom. The molecule has 2 aromatic rings. The zero-order valence-corrected chi connectivity index (χ0v) is 11.8. The number of hydrogen-bond acceptors (Lipinski definition) is 2. The molecule has 0 spiro atoms. The second kappa shape index (κ2) is 6.27. The third-order valence-electron chi connectivity index (χ3n) is 3.37. The Morgan fingerprint density at radius 3 is 2.47 bits per heavy atom. The Morgan fingerprint density at radius 2 is 1.68 bits per heavy atom. The summed E-state index contributed by atoms with van der Waals surface area (Å²) < 4.78 is 0. The van der Waals surface area contributed by atoms with Gasteiger partial charge in [-0.1, -0.05) is 48.5 Å². The minimum Gasteiger partial charge on any atom is -0.310 e. The van der Waals surface area contributed by atoms with Crippen LogP contribution in [0.15, 0.2) is 59.5 Å². The van der Waals surface area contributed by atoms with Gasteiger partial charge in [0.15, 0.2) is 0 Å². The van der Waals surface area contributed by atoms with Gasteiger partial charge in [-0.15, -0.1) is 11.8 Å². The summed E-state index contributed by atoms with van der Waals surface area (Å²) in [6, 6.07) is 20.2. The standard InChI is InChI=1S/C17H19NS/c1-2-6-14(7-3-1)13-19-17-9-5-4-8-15(17)12-18-16-10-11-16/h1-9,16,18H,10-13H2. The Hall–Kier alpha value is -1.25. The van der Waals surface area contributed by atoms with Gasteiger partial charge in [-0.25, -0.2) is 0 Å². The van der Waals surface area contributed by atoms with Crippen molar-refractivity contribution in [1.82, 2.24) is 5.32 Å².